The number of pyridine rings is 1. The molecule has 1 aliphatic heterocycles. The molecular weight excluding hydrogens is 294 g/mol. The zero-order chi connectivity index (χ0) is 16.1. The highest BCUT2D eigenvalue weighted by Crippen LogP contribution is 2.22. The molecular formula is C16H23N5O2. The maximum absolute atomic E-state index is 5.49. The first kappa shape index (κ1) is 16.0. The van der Waals surface area contributed by atoms with E-state index in [1.54, 1.807) is 20.4 Å². The van der Waals surface area contributed by atoms with Crippen molar-refractivity contribution in [1.82, 2.24) is 24.9 Å². The van der Waals surface area contributed by atoms with Crippen LogP contribution in [0.4, 0.5) is 0 Å². The van der Waals surface area contributed by atoms with Gasteiger partial charge < -0.3 is 9.47 Å². The normalized spacial score (nSPS) is 21.8. The molecule has 0 amide bonds. The van der Waals surface area contributed by atoms with E-state index < -0.39 is 0 Å². The number of rotatable bonds is 7. The summed E-state index contributed by atoms with van der Waals surface area (Å²) >= 11 is 0. The van der Waals surface area contributed by atoms with E-state index in [4.69, 9.17) is 9.47 Å². The van der Waals surface area contributed by atoms with Gasteiger partial charge in [0, 0.05) is 45.7 Å². The average molecular weight is 317 g/mol. The summed E-state index contributed by atoms with van der Waals surface area (Å²) in [7, 11) is 3.50. The van der Waals surface area contributed by atoms with Crippen molar-refractivity contribution in [2.24, 2.45) is 0 Å². The first-order valence-electron chi connectivity index (χ1n) is 7.82. The Bertz CT molecular complexity index is 604. The third-order valence-corrected chi connectivity index (χ3v) is 4.20. The molecule has 7 heteroatoms. The summed E-state index contributed by atoms with van der Waals surface area (Å²) in [6, 6.07) is 4.33. The number of ether oxygens (including phenoxy) is 2. The molecule has 23 heavy (non-hydrogen) atoms. The molecule has 2 atom stereocenters. The van der Waals surface area contributed by atoms with Gasteiger partial charge >= 0.3 is 0 Å². The molecule has 1 saturated heterocycles. The Labute approximate surface area is 136 Å². The van der Waals surface area contributed by atoms with Crippen LogP contribution < -0.4 is 0 Å². The van der Waals surface area contributed by atoms with Crippen LogP contribution in [0.2, 0.25) is 0 Å². The van der Waals surface area contributed by atoms with Crippen molar-refractivity contribution < 1.29 is 9.47 Å². The molecule has 0 aromatic carbocycles. The van der Waals surface area contributed by atoms with Gasteiger partial charge in [0.25, 0.3) is 0 Å². The number of hydrogen-bond donors (Lipinski definition) is 0. The third kappa shape index (κ3) is 4.13. The van der Waals surface area contributed by atoms with Gasteiger partial charge in [0.2, 0.25) is 0 Å². The molecule has 0 aliphatic carbocycles. The summed E-state index contributed by atoms with van der Waals surface area (Å²) < 4.78 is 12.7. The predicted molar refractivity (Wildman–Crippen MR) is 84.8 cm³/mol. The summed E-state index contributed by atoms with van der Waals surface area (Å²) in [6.07, 6.45) is 6.87. The SMILES string of the molecule is COC[C@@H]1C[C@@H](OC)CN1Cc1cn(Cc2cccnc2)nn1. The van der Waals surface area contributed by atoms with Crippen molar-refractivity contribution in [2.45, 2.75) is 31.7 Å². The molecule has 3 rings (SSSR count). The van der Waals surface area contributed by atoms with Gasteiger partial charge in [-0.2, -0.15) is 0 Å². The lowest BCUT2D eigenvalue weighted by Gasteiger charge is -2.21. The Balaban J connectivity index is 1.61. The van der Waals surface area contributed by atoms with E-state index in [0.717, 1.165) is 30.8 Å². The molecule has 0 radical (unpaired) electrons. The van der Waals surface area contributed by atoms with Crippen molar-refractivity contribution in [3.63, 3.8) is 0 Å². The smallest absolute Gasteiger partial charge is 0.0967 e. The lowest BCUT2D eigenvalue weighted by atomic mass is 10.2. The zero-order valence-electron chi connectivity index (χ0n) is 13.6. The Kier molecular flexibility index (Phi) is 5.32. The van der Waals surface area contributed by atoms with Gasteiger partial charge in [-0.05, 0) is 18.1 Å². The number of methoxy groups -OCH3 is 2. The summed E-state index contributed by atoms with van der Waals surface area (Å²) in [4.78, 5) is 6.48. The molecule has 0 saturated carbocycles. The fourth-order valence-electron chi connectivity index (χ4n) is 3.04. The third-order valence-electron chi connectivity index (χ3n) is 4.20. The molecule has 0 unspecified atom stereocenters. The van der Waals surface area contributed by atoms with Crippen molar-refractivity contribution >= 4 is 0 Å². The van der Waals surface area contributed by atoms with Gasteiger partial charge in [-0.25, -0.2) is 4.68 Å². The minimum absolute atomic E-state index is 0.264. The van der Waals surface area contributed by atoms with E-state index in [1.807, 2.05) is 29.2 Å². The fraction of sp³-hybridized carbons (Fsp3) is 0.562. The maximum atomic E-state index is 5.49. The second-order valence-electron chi connectivity index (χ2n) is 5.90. The number of aromatic nitrogens is 4. The minimum atomic E-state index is 0.264. The molecule has 3 heterocycles. The van der Waals surface area contributed by atoms with E-state index in [1.165, 1.54) is 0 Å². The lowest BCUT2D eigenvalue weighted by molar-refractivity contribution is 0.105. The molecule has 2 aromatic rings. The van der Waals surface area contributed by atoms with Gasteiger partial charge in [0.1, 0.15) is 0 Å². The average Bonchev–Trinajstić information content (AvgIpc) is 3.16. The topological polar surface area (TPSA) is 65.3 Å². The standard InChI is InChI=1S/C16H23N5O2/c1-22-12-15-6-16(23-2)11-20(15)9-14-10-21(19-18-14)8-13-4-3-5-17-7-13/h3-5,7,10,15-16H,6,8-9,11-12H2,1-2H3/t15-,16+/m0/s1. The first-order valence-corrected chi connectivity index (χ1v) is 7.82. The van der Waals surface area contributed by atoms with Crippen molar-refractivity contribution in [3.8, 4) is 0 Å². The van der Waals surface area contributed by atoms with E-state index in [0.29, 0.717) is 19.2 Å². The molecule has 0 N–H and O–H groups in total. The molecule has 1 fully saturated rings. The molecule has 124 valence electrons. The zero-order valence-corrected chi connectivity index (χ0v) is 13.6. The van der Waals surface area contributed by atoms with Gasteiger partial charge in [-0.1, -0.05) is 11.3 Å². The highest BCUT2D eigenvalue weighted by atomic mass is 16.5. The summed E-state index contributed by atoms with van der Waals surface area (Å²) in [5, 5.41) is 8.50. The molecule has 0 bridgehead atoms. The van der Waals surface area contributed by atoms with Gasteiger partial charge in [-0.15, -0.1) is 5.10 Å². The van der Waals surface area contributed by atoms with Crippen molar-refractivity contribution in [3.05, 3.63) is 42.0 Å². The van der Waals surface area contributed by atoms with Crippen LogP contribution in [0, 0.1) is 0 Å². The van der Waals surface area contributed by atoms with Crippen LogP contribution in [0.1, 0.15) is 17.7 Å². The van der Waals surface area contributed by atoms with E-state index in [9.17, 15) is 0 Å². The number of likely N-dealkylation sites (tertiary alicyclic amines) is 1. The summed E-state index contributed by atoms with van der Waals surface area (Å²) in [5.41, 5.74) is 2.08. The van der Waals surface area contributed by atoms with Crippen LogP contribution in [0.3, 0.4) is 0 Å². The van der Waals surface area contributed by atoms with E-state index in [-0.39, 0.29) is 6.10 Å². The number of nitrogens with zero attached hydrogens (tertiary/aromatic N) is 5. The van der Waals surface area contributed by atoms with Crippen LogP contribution >= 0.6 is 0 Å². The summed E-state index contributed by atoms with van der Waals surface area (Å²) in [5.74, 6) is 0. The van der Waals surface area contributed by atoms with Gasteiger partial charge in [0.15, 0.2) is 0 Å². The fourth-order valence-corrected chi connectivity index (χ4v) is 3.04. The van der Waals surface area contributed by atoms with E-state index >= 15 is 0 Å². The predicted octanol–water partition coefficient (Wildman–Crippen LogP) is 0.957. The Morgan fingerprint density at radius 3 is 2.96 bits per heavy atom. The second-order valence-corrected chi connectivity index (χ2v) is 5.90. The number of hydrogen-bond acceptors (Lipinski definition) is 6. The van der Waals surface area contributed by atoms with Crippen LogP contribution in [0.15, 0.2) is 30.7 Å². The molecule has 2 aromatic heterocycles. The minimum Gasteiger partial charge on any atom is -0.383 e. The molecule has 1 aliphatic rings. The first-order chi connectivity index (χ1) is 11.3. The highest BCUT2D eigenvalue weighted by Gasteiger charge is 2.32. The van der Waals surface area contributed by atoms with Crippen LogP contribution in [-0.4, -0.2) is 64.4 Å². The maximum Gasteiger partial charge on any atom is 0.0967 e. The van der Waals surface area contributed by atoms with Crippen molar-refractivity contribution in [2.75, 3.05) is 27.4 Å². The summed E-state index contributed by atoms with van der Waals surface area (Å²) in [6.45, 7) is 3.06. The Morgan fingerprint density at radius 2 is 2.22 bits per heavy atom. The largest absolute Gasteiger partial charge is 0.383 e. The monoisotopic (exact) mass is 317 g/mol. The Hall–Kier alpha value is -1.83. The van der Waals surface area contributed by atoms with Crippen LogP contribution in [0.25, 0.3) is 0 Å². The molecule has 7 nitrogen and oxygen atoms in total. The highest BCUT2D eigenvalue weighted by molar-refractivity contribution is 5.09. The van der Waals surface area contributed by atoms with Gasteiger partial charge in [0.05, 0.1) is 31.1 Å². The molecule has 0 spiro atoms. The lowest BCUT2D eigenvalue weighted by Crippen LogP contribution is -2.32. The Morgan fingerprint density at radius 1 is 1.30 bits per heavy atom. The van der Waals surface area contributed by atoms with Crippen LogP contribution in [-0.2, 0) is 22.6 Å². The van der Waals surface area contributed by atoms with Crippen LogP contribution in [0.5, 0.6) is 0 Å². The quantitative estimate of drug-likeness (QED) is 0.758. The van der Waals surface area contributed by atoms with E-state index in [2.05, 4.69) is 20.2 Å². The van der Waals surface area contributed by atoms with Gasteiger partial charge in [-0.3, -0.25) is 9.88 Å². The van der Waals surface area contributed by atoms with Crippen molar-refractivity contribution in [1.29, 1.82) is 0 Å². The second kappa shape index (κ2) is 7.63.